The Hall–Kier alpha value is -2.74. The molecule has 1 aromatic heterocycles. The van der Waals surface area contributed by atoms with E-state index in [9.17, 15) is 5.11 Å². The minimum Gasteiger partial charge on any atom is -0.491 e. The second-order valence-electron chi connectivity index (χ2n) is 9.46. The molecule has 5 rings (SSSR count). The normalized spacial score (nSPS) is 23.4. The fourth-order valence-electron chi connectivity index (χ4n) is 5.20. The van der Waals surface area contributed by atoms with Gasteiger partial charge in [-0.2, -0.15) is 0 Å². The summed E-state index contributed by atoms with van der Waals surface area (Å²) >= 11 is 0. The Balaban J connectivity index is 1.23. The molecule has 0 spiro atoms. The number of likely N-dealkylation sites (tertiary alicyclic amines) is 1. The van der Waals surface area contributed by atoms with Crippen LogP contribution in [0, 0.1) is 17.8 Å². The molecule has 7 heteroatoms. The van der Waals surface area contributed by atoms with Gasteiger partial charge in [0.05, 0.1) is 0 Å². The number of anilines is 1. The molecule has 2 unspecified atom stereocenters. The Bertz CT molecular complexity index is 1080. The van der Waals surface area contributed by atoms with Crippen LogP contribution in [0.4, 0.5) is 5.95 Å². The van der Waals surface area contributed by atoms with Crippen LogP contribution in [0.3, 0.4) is 0 Å². The molecule has 0 bridgehead atoms. The first-order valence-electron chi connectivity index (χ1n) is 11.3. The molecule has 3 aromatic rings. The van der Waals surface area contributed by atoms with Crippen molar-refractivity contribution in [2.75, 3.05) is 52.6 Å². The van der Waals surface area contributed by atoms with Gasteiger partial charge < -0.3 is 25.4 Å². The third-order valence-corrected chi connectivity index (χ3v) is 6.75. The molecular formula is C25H31N5O2. The van der Waals surface area contributed by atoms with E-state index in [1.54, 1.807) is 12.4 Å². The highest BCUT2D eigenvalue weighted by molar-refractivity contribution is 5.97. The van der Waals surface area contributed by atoms with Crippen LogP contribution in [0.25, 0.3) is 21.9 Å². The number of rotatable bonds is 8. The Morgan fingerprint density at radius 1 is 1.16 bits per heavy atom. The van der Waals surface area contributed by atoms with E-state index in [1.807, 2.05) is 24.3 Å². The van der Waals surface area contributed by atoms with Crippen molar-refractivity contribution in [1.29, 1.82) is 0 Å². The zero-order valence-corrected chi connectivity index (χ0v) is 18.7. The number of aliphatic hydroxyl groups is 1. The van der Waals surface area contributed by atoms with Crippen LogP contribution < -0.4 is 10.5 Å². The minimum atomic E-state index is -0.519. The van der Waals surface area contributed by atoms with E-state index >= 15 is 0 Å². The van der Waals surface area contributed by atoms with Crippen molar-refractivity contribution in [1.82, 2.24) is 19.8 Å². The van der Waals surface area contributed by atoms with Crippen LogP contribution in [-0.4, -0.2) is 77.9 Å². The molecule has 1 saturated heterocycles. The average molecular weight is 434 g/mol. The Morgan fingerprint density at radius 3 is 2.59 bits per heavy atom. The molecule has 0 amide bonds. The summed E-state index contributed by atoms with van der Waals surface area (Å²) < 4.78 is 6.04. The summed E-state index contributed by atoms with van der Waals surface area (Å²) in [4.78, 5) is 12.9. The Kier molecular flexibility index (Phi) is 5.71. The maximum Gasteiger partial charge on any atom is 0.219 e. The molecule has 1 saturated carbocycles. The zero-order valence-electron chi connectivity index (χ0n) is 18.7. The molecule has 2 heterocycles. The first-order chi connectivity index (χ1) is 15.5. The summed E-state index contributed by atoms with van der Waals surface area (Å²) in [6.07, 6.45) is 2.94. The first kappa shape index (κ1) is 21.1. The second kappa shape index (κ2) is 8.65. The third kappa shape index (κ3) is 4.41. The van der Waals surface area contributed by atoms with Gasteiger partial charge in [0.15, 0.2) is 0 Å². The maximum absolute atomic E-state index is 10.6. The van der Waals surface area contributed by atoms with E-state index in [0.717, 1.165) is 58.5 Å². The SMILES string of the molecule is CN(C)CC1[C@H]2CN(CC(O)COc3cc(-c4cnc(N)nc4)c4ccccc4c3)C[C@@H]12. The predicted molar refractivity (Wildman–Crippen MR) is 126 cm³/mol. The average Bonchev–Trinajstić information content (AvgIpc) is 3.20. The van der Waals surface area contributed by atoms with Crippen molar-refractivity contribution in [3.05, 3.63) is 48.8 Å². The number of nitrogen functional groups attached to an aromatic ring is 1. The monoisotopic (exact) mass is 433 g/mol. The van der Waals surface area contributed by atoms with Gasteiger partial charge in [0, 0.05) is 44.1 Å². The molecule has 2 aromatic carbocycles. The van der Waals surface area contributed by atoms with E-state index < -0.39 is 6.10 Å². The molecule has 32 heavy (non-hydrogen) atoms. The van der Waals surface area contributed by atoms with Gasteiger partial charge in [0.25, 0.3) is 0 Å². The van der Waals surface area contributed by atoms with E-state index in [4.69, 9.17) is 10.5 Å². The summed E-state index contributed by atoms with van der Waals surface area (Å²) in [5.41, 5.74) is 7.52. The van der Waals surface area contributed by atoms with E-state index in [0.29, 0.717) is 6.54 Å². The van der Waals surface area contributed by atoms with Crippen molar-refractivity contribution < 1.29 is 9.84 Å². The molecule has 1 aliphatic heterocycles. The Morgan fingerprint density at radius 2 is 1.88 bits per heavy atom. The summed E-state index contributed by atoms with van der Waals surface area (Å²) in [5.74, 6) is 3.42. The summed E-state index contributed by atoms with van der Waals surface area (Å²) in [6, 6.07) is 12.1. The van der Waals surface area contributed by atoms with Gasteiger partial charge in [-0.15, -0.1) is 0 Å². The van der Waals surface area contributed by atoms with Crippen molar-refractivity contribution in [2.45, 2.75) is 6.10 Å². The lowest BCUT2D eigenvalue weighted by Gasteiger charge is -2.23. The number of piperidine rings is 1. The predicted octanol–water partition coefficient (Wildman–Crippen LogP) is 2.36. The van der Waals surface area contributed by atoms with Gasteiger partial charge in [-0.3, -0.25) is 0 Å². The number of fused-ring (bicyclic) bond motifs is 2. The smallest absolute Gasteiger partial charge is 0.219 e. The lowest BCUT2D eigenvalue weighted by molar-refractivity contribution is 0.0703. The van der Waals surface area contributed by atoms with Crippen molar-refractivity contribution >= 4 is 16.7 Å². The lowest BCUT2D eigenvalue weighted by Crippen LogP contribution is -2.36. The highest BCUT2D eigenvalue weighted by Gasteiger charge is 2.55. The van der Waals surface area contributed by atoms with Gasteiger partial charge in [-0.1, -0.05) is 24.3 Å². The number of nitrogens with two attached hydrogens (primary N) is 1. The molecule has 0 radical (unpaired) electrons. The molecule has 7 nitrogen and oxygen atoms in total. The first-order valence-corrected chi connectivity index (χ1v) is 11.3. The summed E-state index contributed by atoms with van der Waals surface area (Å²) in [6.45, 7) is 4.30. The summed E-state index contributed by atoms with van der Waals surface area (Å²) in [5, 5.41) is 12.8. The molecule has 2 aliphatic rings. The van der Waals surface area contributed by atoms with Crippen LogP contribution in [0.15, 0.2) is 48.8 Å². The standard InChI is InChI=1S/C25H31N5O2/c1-29(2)12-22-23-13-30(14-24(22)23)11-18(31)15-32-19-7-16-5-3-4-6-20(16)21(8-19)17-9-27-25(26)28-10-17/h3-10,18,22-24,31H,11-15H2,1-2H3,(H2,26,27,28)/t18?,22?,23-,24+. The zero-order chi connectivity index (χ0) is 22.2. The minimum absolute atomic E-state index is 0.251. The number of nitrogens with zero attached hydrogens (tertiary/aromatic N) is 4. The molecule has 3 N–H and O–H groups in total. The molecular weight excluding hydrogens is 402 g/mol. The molecule has 168 valence electrons. The number of aromatic nitrogens is 2. The van der Waals surface area contributed by atoms with E-state index in [-0.39, 0.29) is 12.6 Å². The highest BCUT2D eigenvalue weighted by Crippen LogP contribution is 2.51. The van der Waals surface area contributed by atoms with Crippen molar-refractivity contribution in [3.63, 3.8) is 0 Å². The Labute approximate surface area is 188 Å². The fraction of sp³-hybridized carbons (Fsp3) is 0.440. The van der Waals surface area contributed by atoms with Gasteiger partial charge in [0.1, 0.15) is 18.5 Å². The number of benzene rings is 2. The second-order valence-corrected chi connectivity index (χ2v) is 9.46. The number of β-amino-alcohol motifs (C(OH)–C–C–N with tert-alkyl or cyclic N) is 1. The van der Waals surface area contributed by atoms with Gasteiger partial charge in [0.2, 0.25) is 5.95 Å². The van der Waals surface area contributed by atoms with Gasteiger partial charge in [-0.25, -0.2) is 9.97 Å². The molecule has 1 aliphatic carbocycles. The third-order valence-electron chi connectivity index (χ3n) is 6.75. The largest absolute Gasteiger partial charge is 0.491 e. The van der Waals surface area contributed by atoms with Gasteiger partial charge >= 0.3 is 0 Å². The van der Waals surface area contributed by atoms with Crippen LogP contribution >= 0.6 is 0 Å². The number of hydrogen-bond donors (Lipinski definition) is 2. The van der Waals surface area contributed by atoms with E-state index in [1.165, 1.54) is 6.54 Å². The van der Waals surface area contributed by atoms with Crippen molar-refractivity contribution in [3.8, 4) is 16.9 Å². The van der Waals surface area contributed by atoms with Crippen LogP contribution in [0.2, 0.25) is 0 Å². The van der Waals surface area contributed by atoms with Crippen LogP contribution in [0.5, 0.6) is 5.75 Å². The number of hydrogen-bond acceptors (Lipinski definition) is 7. The summed E-state index contributed by atoms with van der Waals surface area (Å²) in [7, 11) is 4.29. The maximum atomic E-state index is 10.6. The lowest BCUT2D eigenvalue weighted by atomic mass is 10.00. The van der Waals surface area contributed by atoms with E-state index in [2.05, 4.69) is 46.0 Å². The number of aliphatic hydroxyl groups excluding tert-OH is 1. The quantitative estimate of drug-likeness (QED) is 0.564. The fourth-order valence-corrected chi connectivity index (χ4v) is 5.20. The molecule has 4 atom stereocenters. The number of ether oxygens (including phenoxy) is 1. The van der Waals surface area contributed by atoms with Crippen molar-refractivity contribution in [2.24, 2.45) is 17.8 Å². The molecule has 2 fully saturated rings. The highest BCUT2D eigenvalue weighted by atomic mass is 16.5. The van der Waals surface area contributed by atoms with Crippen LogP contribution in [0.1, 0.15) is 0 Å². The topological polar surface area (TPSA) is 87.7 Å². The van der Waals surface area contributed by atoms with Crippen LogP contribution in [-0.2, 0) is 0 Å². The van der Waals surface area contributed by atoms with Gasteiger partial charge in [-0.05, 0) is 60.3 Å².